The number of allylic oxidation sites excluding steroid dienone is 2. The van der Waals surface area contributed by atoms with Gasteiger partial charge in [0.2, 0.25) is 0 Å². The lowest BCUT2D eigenvalue weighted by Crippen LogP contribution is -2.33. The number of ketones is 1. The van der Waals surface area contributed by atoms with Gasteiger partial charge in [-0.2, -0.15) is 0 Å². The Morgan fingerprint density at radius 3 is 2.62 bits per heavy atom. The molecule has 1 heterocycles. The zero-order valence-corrected chi connectivity index (χ0v) is 15.5. The summed E-state index contributed by atoms with van der Waals surface area (Å²) in [7, 11) is 1.67. The second-order valence-electron chi connectivity index (χ2n) is 7.19. The van der Waals surface area contributed by atoms with Crippen LogP contribution in [0.4, 0.5) is 5.69 Å². The number of methoxy groups -OCH3 is 1. The van der Waals surface area contributed by atoms with Crippen LogP contribution in [0, 0.1) is 5.41 Å². The van der Waals surface area contributed by atoms with E-state index in [4.69, 9.17) is 9.73 Å². The van der Waals surface area contributed by atoms with Crippen LogP contribution in [0.5, 0.6) is 5.75 Å². The van der Waals surface area contributed by atoms with Crippen LogP contribution in [0.2, 0.25) is 0 Å². The number of carbonyl (C=O) groups is 1. The molecule has 1 aromatic carbocycles. The number of nitrogens with one attached hydrogen (secondary N) is 1. The summed E-state index contributed by atoms with van der Waals surface area (Å²) in [5, 5.41) is 3.57. The molecule has 0 fully saturated rings. The summed E-state index contributed by atoms with van der Waals surface area (Å²) in [6.45, 7) is 6.14. The average molecular weight is 344 g/mol. The van der Waals surface area contributed by atoms with Crippen LogP contribution in [-0.4, -0.2) is 30.4 Å². The van der Waals surface area contributed by atoms with Crippen molar-refractivity contribution >= 4 is 28.9 Å². The Kier molecular flexibility index (Phi) is 4.72. The van der Waals surface area contributed by atoms with Crippen molar-refractivity contribution in [1.82, 2.24) is 0 Å². The fourth-order valence-electron chi connectivity index (χ4n) is 3.15. The fraction of sp³-hybridized carbons (Fsp3) is 0.474. The molecular formula is C19H24N2O2S. The minimum atomic E-state index is -0.190. The first-order valence-electron chi connectivity index (χ1n) is 8.22. The lowest BCUT2D eigenvalue weighted by atomic mass is 9.78. The van der Waals surface area contributed by atoms with E-state index in [0.29, 0.717) is 0 Å². The van der Waals surface area contributed by atoms with Crippen LogP contribution in [0.3, 0.4) is 0 Å². The predicted molar refractivity (Wildman–Crippen MR) is 101 cm³/mol. The number of aliphatic imine (C=N–C) groups is 1. The quantitative estimate of drug-likeness (QED) is 0.885. The summed E-state index contributed by atoms with van der Waals surface area (Å²) in [5.41, 5.74) is 3.47. The van der Waals surface area contributed by atoms with Crippen molar-refractivity contribution in [3.8, 4) is 5.75 Å². The maximum atomic E-state index is 11.7. The minimum absolute atomic E-state index is 0.135. The molecule has 1 aliphatic heterocycles. The molecule has 0 spiro atoms. The van der Waals surface area contributed by atoms with Crippen LogP contribution in [0.1, 0.15) is 33.6 Å². The Bertz CT molecular complexity index is 705. The number of ether oxygens (including phenoxy) is 1. The van der Waals surface area contributed by atoms with Crippen LogP contribution in [0.15, 0.2) is 39.9 Å². The smallest absolute Gasteiger partial charge is 0.155 e. The fourth-order valence-corrected chi connectivity index (χ4v) is 4.37. The van der Waals surface area contributed by atoms with Gasteiger partial charge in [-0.1, -0.05) is 13.8 Å². The van der Waals surface area contributed by atoms with Crippen molar-refractivity contribution < 1.29 is 9.53 Å². The largest absolute Gasteiger partial charge is 0.497 e. The van der Waals surface area contributed by atoms with Crippen molar-refractivity contribution in [3.63, 3.8) is 0 Å². The Balaban J connectivity index is 1.91. The Morgan fingerprint density at radius 1 is 1.29 bits per heavy atom. The number of anilines is 1. The summed E-state index contributed by atoms with van der Waals surface area (Å²) in [6, 6.07) is 7.77. The van der Waals surface area contributed by atoms with Gasteiger partial charge in [0.25, 0.3) is 0 Å². The van der Waals surface area contributed by atoms with E-state index < -0.39 is 0 Å². The first kappa shape index (κ1) is 17.1. The number of Topliss-reactive ketones (excluding diaryl/α,β-unsaturated/α-hetero) is 1. The van der Waals surface area contributed by atoms with Gasteiger partial charge in [-0.25, -0.2) is 0 Å². The first-order chi connectivity index (χ1) is 11.4. The number of hydrogen-bond acceptors (Lipinski definition) is 5. The van der Waals surface area contributed by atoms with Crippen molar-refractivity contribution in [3.05, 3.63) is 34.9 Å². The monoisotopic (exact) mass is 344 g/mol. The molecule has 1 aliphatic carbocycles. The topological polar surface area (TPSA) is 50.7 Å². The third-order valence-corrected chi connectivity index (χ3v) is 5.64. The van der Waals surface area contributed by atoms with Crippen molar-refractivity contribution in [2.45, 2.75) is 39.7 Å². The van der Waals surface area contributed by atoms with Crippen LogP contribution in [-0.2, 0) is 4.79 Å². The summed E-state index contributed by atoms with van der Waals surface area (Å²) >= 11 is 1.76. The van der Waals surface area contributed by atoms with E-state index in [0.717, 1.165) is 35.7 Å². The molecule has 24 heavy (non-hydrogen) atoms. The van der Waals surface area contributed by atoms with Gasteiger partial charge in [-0.05, 0) is 49.4 Å². The van der Waals surface area contributed by atoms with E-state index in [1.807, 2.05) is 24.3 Å². The number of carbonyl (C=O) groups excluding carboxylic acids is 1. The van der Waals surface area contributed by atoms with Gasteiger partial charge >= 0.3 is 0 Å². The molecule has 5 heteroatoms. The van der Waals surface area contributed by atoms with E-state index in [-0.39, 0.29) is 17.2 Å². The molecule has 0 amide bonds. The van der Waals surface area contributed by atoms with Gasteiger partial charge in [0.15, 0.2) is 5.78 Å². The molecule has 0 saturated carbocycles. The molecule has 2 aliphatic rings. The zero-order chi connectivity index (χ0) is 17.3. The van der Waals surface area contributed by atoms with Gasteiger partial charge in [0.1, 0.15) is 11.8 Å². The lowest BCUT2D eigenvalue weighted by molar-refractivity contribution is -0.117. The van der Waals surface area contributed by atoms with Gasteiger partial charge in [-0.15, -0.1) is 11.8 Å². The molecule has 1 N–H and O–H groups in total. The molecule has 0 saturated heterocycles. The van der Waals surface area contributed by atoms with E-state index in [1.165, 1.54) is 10.6 Å². The second kappa shape index (κ2) is 6.63. The summed E-state index contributed by atoms with van der Waals surface area (Å²) in [6.07, 6.45) is 1.90. The third kappa shape index (κ3) is 3.66. The Morgan fingerprint density at radius 2 is 2.00 bits per heavy atom. The number of benzene rings is 1. The highest BCUT2D eigenvalue weighted by atomic mass is 32.2. The molecule has 1 unspecified atom stereocenters. The molecule has 0 radical (unpaired) electrons. The van der Waals surface area contributed by atoms with Crippen molar-refractivity contribution in [2.24, 2.45) is 10.4 Å². The second-order valence-corrected chi connectivity index (χ2v) is 8.22. The summed E-state index contributed by atoms with van der Waals surface area (Å²) in [5.74, 6) is 1.74. The highest BCUT2D eigenvalue weighted by molar-refractivity contribution is 8.04. The normalized spacial score (nSPS) is 22.5. The van der Waals surface area contributed by atoms with Gasteiger partial charge in [-0.3, -0.25) is 9.79 Å². The molecule has 4 nitrogen and oxygen atoms in total. The van der Waals surface area contributed by atoms with Crippen LogP contribution in [0.25, 0.3) is 0 Å². The van der Waals surface area contributed by atoms with E-state index in [1.54, 1.807) is 25.8 Å². The summed E-state index contributed by atoms with van der Waals surface area (Å²) < 4.78 is 5.22. The SMILES string of the molecule is COc1ccc(NC2=C3SCC(C(C)=O)N=C3CC(C)(C)C2)cc1. The lowest BCUT2D eigenvalue weighted by Gasteiger charge is -2.36. The Hall–Kier alpha value is -1.75. The number of nitrogens with zero attached hydrogens (tertiary/aromatic N) is 1. The average Bonchev–Trinajstić information content (AvgIpc) is 2.54. The number of fused-ring (bicyclic) bond motifs is 1. The Labute approximate surface area is 147 Å². The number of thioether (sulfide) groups is 1. The van der Waals surface area contributed by atoms with Crippen LogP contribution < -0.4 is 10.1 Å². The maximum absolute atomic E-state index is 11.7. The predicted octanol–water partition coefficient (Wildman–Crippen LogP) is 4.28. The number of hydrogen-bond donors (Lipinski definition) is 1. The molecular weight excluding hydrogens is 320 g/mol. The first-order valence-corrected chi connectivity index (χ1v) is 9.21. The molecule has 0 bridgehead atoms. The highest BCUT2D eigenvalue weighted by Gasteiger charge is 2.35. The van der Waals surface area contributed by atoms with Crippen LogP contribution >= 0.6 is 11.8 Å². The molecule has 1 aromatic rings. The van der Waals surface area contributed by atoms with Crippen molar-refractivity contribution in [1.29, 1.82) is 0 Å². The molecule has 128 valence electrons. The van der Waals surface area contributed by atoms with E-state index in [9.17, 15) is 4.79 Å². The number of rotatable bonds is 4. The van der Waals surface area contributed by atoms with Crippen molar-refractivity contribution in [2.75, 3.05) is 18.2 Å². The van der Waals surface area contributed by atoms with E-state index in [2.05, 4.69) is 19.2 Å². The molecule has 0 aromatic heterocycles. The highest BCUT2D eigenvalue weighted by Crippen LogP contribution is 2.43. The molecule has 3 rings (SSSR count). The standard InChI is InChI=1S/C19H24N2O2S/c1-12(22)17-11-24-18-15(9-19(2,3)10-16(18)21-17)20-13-5-7-14(23-4)8-6-13/h5-8,17,20H,9-11H2,1-4H3. The van der Waals surface area contributed by atoms with E-state index >= 15 is 0 Å². The molecule has 1 atom stereocenters. The third-order valence-electron chi connectivity index (χ3n) is 4.39. The van der Waals surface area contributed by atoms with Gasteiger partial charge in [0, 0.05) is 22.0 Å². The maximum Gasteiger partial charge on any atom is 0.155 e. The van der Waals surface area contributed by atoms with Gasteiger partial charge in [0.05, 0.1) is 12.8 Å². The van der Waals surface area contributed by atoms with Gasteiger partial charge < -0.3 is 10.1 Å². The minimum Gasteiger partial charge on any atom is -0.497 e. The summed E-state index contributed by atoms with van der Waals surface area (Å²) in [4.78, 5) is 17.7. The zero-order valence-electron chi connectivity index (χ0n) is 14.7.